The molecule has 1 fully saturated rings. The summed E-state index contributed by atoms with van der Waals surface area (Å²) in [6, 6.07) is 20.6. The van der Waals surface area contributed by atoms with E-state index in [0.29, 0.717) is 17.9 Å². The minimum absolute atomic E-state index is 0.112. The van der Waals surface area contributed by atoms with Crippen LogP contribution in [0.1, 0.15) is 58.3 Å². The number of piperidine rings is 1. The minimum atomic E-state index is -0.112. The molecule has 1 aromatic heterocycles. The van der Waals surface area contributed by atoms with E-state index in [1.165, 1.54) is 12.0 Å². The Labute approximate surface area is 178 Å². The predicted octanol–water partition coefficient (Wildman–Crippen LogP) is 4.44. The third-order valence-electron chi connectivity index (χ3n) is 5.64. The summed E-state index contributed by atoms with van der Waals surface area (Å²) in [5, 5.41) is 3.04. The number of hydrogen-bond acceptors (Lipinski definition) is 4. The fourth-order valence-electron chi connectivity index (χ4n) is 4.10. The van der Waals surface area contributed by atoms with Crippen LogP contribution < -0.4 is 5.32 Å². The summed E-state index contributed by atoms with van der Waals surface area (Å²) in [5.74, 6) is 0.592. The Balaban J connectivity index is 1.57. The molecule has 0 radical (unpaired) electrons. The van der Waals surface area contributed by atoms with E-state index in [0.717, 1.165) is 37.2 Å². The SMILES string of the molecule is Cc1ncc(C(=O)NCc2ccccc2)c(C2CCCCN2Cc2ccccc2)n1. The number of amides is 1. The first-order valence-corrected chi connectivity index (χ1v) is 10.6. The summed E-state index contributed by atoms with van der Waals surface area (Å²) in [7, 11) is 0. The molecule has 30 heavy (non-hydrogen) atoms. The van der Waals surface area contributed by atoms with Crippen LogP contribution in [0.3, 0.4) is 0 Å². The number of likely N-dealkylation sites (tertiary alicyclic amines) is 1. The van der Waals surface area contributed by atoms with E-state index in [4.69, 9.17) is 4.98 Å². The molecule has 3 aromatic rings. The van der Waals surface area contributed by atoms with Crippen LogP contribution in [0.5, 0.6) is 0 Å². The highest BCUT2D eigenvalue weighted by Crippen LogP contribution is 2.33. The maximum Gasteiger partial charge on any atom is 0.255 e. The lowest BCUT2D eigenvalue weighted by atomic mass is 9.95. The van der Waals surface area contributed by atoms with Gasteiger partial charge in [-0.2, -0.15) is 0 Å². The van der Waals surface area contributed by atoms with Gasteiger partial charge in [0.05, 0.1) is 17.3 Å². The number of nitrogens with one attached hydrogen (secondary N) is 1. The maximum atomic E-state index is 13.0. The van der Waals surface area contributed by atoms with Crippen LogP contribution >= 0.6 is 0 Å². The summed E-state index contributed by atoms with van der Waals surface area (Å²) in [6.07, 6.45) is 5.00. The molecule has 1 aliphatic heterocycles. The monoisotopic (exact) mass is 400 g/mol. The Hall–Kier alpha value is -3.05. The van der Waals surface area contributed by atoms with Gasteiger partial charge in [-0.3, -0.25) is 9.69 Å². The number of hydrogen-bond donors (Lipinski definition) is 1. The molecule has 154 valence electrons. The predicted molar refractivity (Wildman–Crippen MR) is 118 cm³/mol. The van der Waals surface area contributed by atoms with Crippen molar-refractivity contribution in [1.29, 1.82) is 0 Å². The topological polar surface area (TPSA) is 58.1 Å². The highest BCUT2D eigenvalue weighted by Gasteiger charge is 2.29. The molecule has 0 saturated carbocycles. The second-order valence-corrected chi connectivity index (χ2v) is 7.85. The molecule has 0 aliphatic carbocycles. The van der Waals surface area contributed by atoms with Gasteiger partial charge >= 0.3 is 0 Å². The van der Waals surface area contributed by atoms with Crippen LogP contribution in [-0.2, 0) is 13.1 Å². The van der Waals surface area contributed by atoms with Crippen LogP contribution in [0.25, 0.3) is 0 Å². The zero-order chi connectivity index (χ0) is 20.8. The lowest BCUT2D eigenvalue weighted by molar-refractivity contribution is 0.0939. The summed E-state index contributed by atoms with van der Waals surface area (Å²) in [4.78, 5) is 24.6. The molecule has 0 spiro atoms. The van der Waals surface area contributed by atoms with Gasteiger partial charge in [-0.25, -0.2) is 9.97 Å². The molecular formula is C25H28N4O. The van der Waals surface area contributed by atoms with Crippen LogP contribution in [0, 0.1) is 6.92 Å². The molecule has 4 rings (SSSR count). The lowest BCUT2D eigenvalue weighted by Crippen LogP contribution is -2.35. The number of rotatable bonds is 6. The van der Waals surface area contributed by atoms with Crippen LogP contribution in [0.2, 0.25) is 0 Å². The number of carbonyl (C=O) groups excluding carboxylic acids is 1. The van der Waals surface area contributed by atoms with Gasteiger partial charge < -0.3 is 5.32 Å². The van der Waals surface area contributed by atoms with E-state index in [9.17, 15) is 4.79 Å². The molecule has 1 unspecified atom stereocenters. The molecule has 1 atom stereocenters. The average Bonchev–Trinajstić information content (AvgIpc) is 2.79. The van der Waals surface area contributed by atoms with Gasteiger partial charge in [-0.1, -0.05) is 67.1 Å². The van der Waals surface area contributed by atoms with E-state index in [1.807, 2.05) is 43.3 Å². The van der Waals surface area contributed by atoms with Gasteiger partial charge in [0.25, 0.3) is 5.91 Å². The number of aromatic nitrogens is 2. The van der Waals surface area contributed by atoms with Crippen molar-refractivity contribution in [1.82, 2.24) is 20.2 Å². The van der Waals surface area contributed by atoms with Gasteiger partial charge in [-0.15, -0.1) is 0 Å². The van der Waals surface area contributed by atoms with Gasteiger partial charge in [0.15, 0.2) is 0 Å². The van der Waals surface area contributed by atoms with Crippen LogP contribution in [-0.4, -0.2) is 27.3 Å². The van der Waals surface area contributed by atoms with Crippen LogP contribution in [0.4, 0.5) is 0 Å². The minimum Gasteiger partial charge on any atom is -0.348 e. The van der Waals surface area contributed by atoms with E-state index in [-0.39, 0.29) is 11.9 Å². The van der Waals surface area contributed by atoms with Crippen LogP contribution in [0.15, 0.2) is 66.9 Å². The molecule has 0 bridgehead atoms. The number of carbonyl (C=O) groups is 1. The Morgan fingerprint density at radius 2 is 1.73 bits per heavy atom. The van der Waals surface area contributed by atoms with Gasteiger partial charge in [-0.05, 0) is 37.4 Å². The van der Waals surface area contributed by atoms with Gasteiger partial charge in [0, 0.05) is 19.3 Å². The normalized spacial score (nSPS) is 16.9. The van der Waals surface area contributed by atoms with Crippen molar-refractivity contribution in [2.45, 2.75) is 45.3 Å². The van der Waals surface area contributed by atoms with Crippen molar-refractivity contribution >= 4 is 5.91 Å². The van der Waals surface area contributed by atoms with Gasteiger partial charge in [0.2, 0.25) is 0 Å². The summed E-state index contributed by atoms with van der Waals surface area (Å²) >= 11 is 0. The van der Waals surface area contributed by atoms with Crippen molar-refractivity contribution in [2.24, 2.45) is 0 Å². The fraction of sp³-hybridized carbons (Fsp3) is 0.320. The Bertz CT molecular complexity index is 975. The van der Waals surface area contributed by atoms with Crippen molar-refractivity contribution < 1.29 is 4.79 Å². The Kier molecular flexibility index (Phi) is 6.50. The average molecular weight is 401 g/mol. The third-order valence-corrected chi connectivity index (χ3v) is 5.64. The number of benzene rings is 2. The summed E-state index contributed by atoms with van der Waals surface area (Å²) in [6.45, 7) is 4.25. The Morgan fingerprint density at radius 3 is 2.47 bits per heavy atom. The molecule has 1 saturated heterocycles. The summed E-state index contributed by atoms with van der Waals surface area (Å²) in [5.41, 5.74) is 3.79. The number of aryl methyl sites for hydroxylation is 1. The Morgan fingerprint density at radius 1 is 1.03 bits per heavy atom. The first-order valence-electron chi connectivity index (χ1n) is 10.6. The number of nitrogens with zero attached hydrogens (tertiary/aromatic N) is 3. The highest BCUT2D eigenvalue weighted by molar-refractivity contribution is 5.95. The molecule has 2 heterocycles. The first kappa shape index (κ1) is 20.2. The largest absolute Gasteiger partial charge is 0.348 e. The molecule has 2 aromatic carbocycles. The fourth-order valence-corrected chi connectivity index (χ4v) is 4.10. The van der Waals surface area contributed by atoms with Crippen molar-refractivity contribution in [2.75, 3.05) is 6.54 Å². The first-order chi connectivity index (χ1) is 14.7. The van der Waals surface area contributed by atoms with Crippen molar-refractivity contribution in [3.8, 4) is 0 Å². The molecule has 1 N–H and O–H groups in total. The van der Waals surface area contributed by atoms with E-state index in [1.54, 1.807) is 6.20 Å². The zero-order valence-corrected chi connectivity index (χ0v) is 17.4. The molecule has 5 heteroatoms. The lowest BCUT2D eigenvalue weighted by Gasteiger charge is -2.36. The maximum absolute atomic E-state index is 13.0. The second kappa shape index (κ2) is 9.63. The zero-order valence-electron chi connectivity index (χ0n) is 17.4. The van der Waals surface area contributed by atoms with E-state index in [2.05, 4.69) is 39.5 Å². The standard InChI is InChI=1S/C25H28N4O/c1-19-26-17-22(25(30)27-16-20-10-4-2-5-11-20)24(28-19)23-14-8-9-15-29(23)18-21-12-6-3-7-13-21/h2-7,10-13,17,23H,8-9,14-16,18H2,1H3,(H,27,30). The molecule has 1 aliphatic rings. The van der Waals surface area contributed by atoms with E-state index < -0.39 is 0 Å². The highest BCUT2D eigenvalue weighted by atomic mass is 16.1. The smallest absolute Gasteiger partial charge is 0.255 e. The quantitative estimate of drug-likeness (QED) is 0.664. The molecule has 1 amide bonds. The van der Waals surface area contributed by atoms with Crippen molar-refractivity contribution in [3.63, 3.8) is 0 Å². The molecular weight excluding hydrogens is 372 g/mol. The third kappa shape index (κ3) is 4.92. The van der Waals surface area contributed by atoms with Gasteiger partial charge in [0.1, 0.15) is 5.82 Å². The molecule has 5 nitrogen and oxygen atoms in total. The van der Waals surface area contributed by atoms with E-state index >= 15 is 0 Å². The van der Waals surface area contributed by atoms with Crippen molar-refractivity contribution in [3.05, 3.63) is 95.1 Å². The summed E-state index contributed by atoms with van der Waals surface area (Å²) < 4.78 is 0. The second-order valence-electron chi connectivity index (χ2n) is 7.85.